The number of fused-ring (bicyclic) bond motifs is 3. The van der Waals surface area contributed by atoms with Crippen molar-refractivity contribution in [2.75, 3.05) is 63.0 Å². The molecule has 276 valence electrons. The van der Waals surface area contributed by atoms with E-state index in [-0.39, 0.29) is 24.6 Å². The molecule has 5 aromatic rings. The molecule has 4 aliphatic rings. The number of para-hydroxylation sites is 1. The number of pyridine rings is 1. The number of amides is 2. The fourth-order valence-electron chi connectivity index (χ4n) is 8.35. The summed E-state index contributed by atoms with van der Waals surface area (Å²) < 4.78 is 19.4. The second-order valence-corrected chi connectivity index (χ2v) is 14.6. The van der Waals surface area contributed by atoms with Gasteiger partial charge in [-0.25, -0.2) is 4.98 Å². The van der Waals surface area contributed by atoms with Crippen LogP contribution in [0.5, 0.6) is 11.5 Å². The maximum Gasteiger partial charge on any atom is 0.264 e. The highest BCUT2D eigenvalue weighted by Gasteiger charge is 2.35. The van der Waals surface area contributed by atoms with Crippen LogP contribution in [0.1, 0.15) is 43.1 Å². The van der Waals surface area contributed by atoms with Gasteiger partial charge in [-0.15, -0.1) is 0 Å². The Labute approximate surface area is 315 Å². The van der Waals surface area contributed by atoms with Gasteiger partial charge in [0.2, 0.25) is 6.79 Å². The lowest BCUT2D eigenvalue weighted by Crippen LogP contribution is -2.52. The number of hydrogen-bond acceptors (Lipinski definition) is 8. The molecule has 2 aromatic heterocycles. The lowest BCUT2D eigenvalue weighted by Gasteiger charge is -2.40. The van der Waals surface area contributed by atoms with Gasteiger partial charge in [-0.05, 0) is 72.9 Å². The molecule has 0 unspecified atom stereocenters. The van der Waals surface area contributed by atoms with Crippen molar-refractivity contribution in [2.45, 2.75) is 32.4 Å². The number of carbonyl (C=O) groups excluding carboxylic acids is 2. The second-order valence-electron chi connectivity index (χ2n) is 14.6. The van der Waals surface area contributed by atoms with Crippen LogP contribution in [0.2, 0.25) is 0 Å². The first-order valence-electron chi connectivity index (χ1n) is 18.7. The van der Waals surface area contributed by atoms with Crippen molar-refractivity contribution in [3.63, 3.8) is 0 Å². The SMILES string of the molecule is Cc1c(C(=O)N(c2ccccc2)c2cnc3c(c2)CCN3C)cc(-c2cc3c(cc2C(=O)N2Cc4ccccc4C[C@H]2CN2CCOCC2)OCO3)n1C. The van der Waals surface area contributed by atoms with Gasteiger partial charge in [0.15, 0.2) is 11.5 Å². The van der Waals surface area contributed by atoms with Crippen LogP contribution in [-0.2, 0) is 31.2 Å². The highest BCUT2D eigenvalue weighted by atomic mass is 16.7. The van der Waals surface area contributed by atoms with Crippen LogP contribution in [0.3, 0.4) is 0 Å². The molecule has 54 heavy (non-hydrogen) atoms. The Hall–Kier alpha value is -5.65. The summed E-state index contributed by atoms with van der Waals surface area (Å²) in [6.45, 7) is 7.25. The summed E-state index contributed by atoms with van der Waals surface area (Å²) in [6, 6.07) is 25.8. The number of anilines is 3. The van der Waals surface area contributed by atoms with Gasteiger partial charge in [0.05, 0.1) is 36.2 Å². The highest BCUT2D eigenvalue weighted by Crippen LogP contribution is 2.42. The van der Waals surface area contributed by atoms with E-state index in [0.29, 0.717) is 53.6 Å². The van der Waals surface area contributed by atoms with Gasteiger partial charge in [-0.2, -0.15) is 0 Å². The lowest BCUT2D eigenvalue weighted by atomic mass is 9.92. The first-order chi connectivity index (χ1) is 26.3. The zero-order valence-corrected chi connectivity index (χ0v) is 31.0. The van der Waals surface area contributed by atoms with E-state index in [2.05, 4.69) is 34.1 Å². The van der Waals surface area contributed by atoms with E-state index < -0.39 is 0 Å². The first kappa shape index (κ1) is 34.1. The average Bonchev–Trinajstić information content (AvgIpc) is 3.91. The van der Waals surface area contributed by atoms with Crippen molar-refractivity contribution < 1.29 is 23.8 Å². The predicted octanol–water partition coefficient (Wildman–Crippen LogP) is 5.99. The summed E-state index contributed by atoms with van der Waals surface area (Å²) in [4.78, 5) is 43.0. The normalized spacial score (nSPS) is 17.7. The Kier molecular flexibility index (Phi) is 8.83. The Morgan fingerprint density at radius 2 is 1.57 bits per heavy atom. The van der Waals surface area contributed by atoms with Crippen LogP contribution in [0, 0.1) is 6.92 Å². The molecule has 0 N–H and O–H groups in total. The van der Waals surface area contributed by atoms with Crippen LogP contribution in [0.4, 0.5) is 17.2 Å². The van der Waals surface area contributed by atoms with Gasteiger partial charge in [0, 0.05) is 75.5 Å². The molecule has 0 spiro atoms. The molecule has 1 fully saturated rings. The van der Waals surface area contributed by atoms with Crippen molar-refractivity contribution in [1.82, 2.24) is 19.4 Å². The van der Waals surface area contributed by atoms with Crippen molar-refractivity contribution in [3.8, 4) is 22.8 Å². The van der Waals surface area contributed by atoms with E-state index >= 15 is 4.79 Å². The number of aromatic nitrogens is 2. The summed E-state index contributed by atoms with van der Waals surface area (Å²) in [5, 5.41) is 0. The number of morpholine rings is 1. The summed E-state index contributed by atoms with van der Waals surface area (Å²) in [5.41, 5.74) is 8.25. The lowest BCUT2D eigenvalue weighted by molar-refractivity contribution is 0.0193. The maximum atomic E-state index is 15.1. The maximum absolute atomic E-state index is 15.1. The summed E-state index contributed by atoms with van der Waals surface area (Å²) >= 11 is 0. The second kappa shape index (κ2) is 14.0. The van der Waals surface area contributed by atoms with E-state index in [1.54, 1.807) is 11.1 Å². The first-order valence-corrected chi connectivity index (χ1v) is 18.7. The van der Waals surface area contributed by atoms with E-state index in [1.165, 1.54) is 5.56 Å². The third-order valence-corrected chi connectivity index (χ3v) is 11.5. The molecule has 4 aliphatic heterocycles. The third-order valence-electron chi connectivity index (χ3n) is 11.5. The Morgan fingerprint density at radius 1 is 0.833 bits per heavy atom. The third kappa shape index (κ3) is 6.07. The van der Waals surface area contributed by atoms with Crippen molar-refractivity contribution >= 4 is 29.0 Å². The fourth-order valence-corrected chi connectivity index (χ4v) is 8.35. The molecule has 0 bridgehead atoms. The van der Waals surface area contributed by atoms with Gasteiger partial charge < -0.3 is 28.6 Å². The number of benzene rings is 3. The monoisotopic (exact) mass is 724 g/mol. The molecule has 9 rings (SSSR count). The minimum absolute atomic E-state index is 0.0313. The molecular weight excluding hydrogens is 681 g/mol. The average molecular weight is 725 g/mol. The summed E-state index contributed by atoms with van der Waals surface area (Å²) in [7, 11) is 3.98. The van der Waals surface area contributed by atoms with E-state index in [4.69, 9.17) is 19.2 Å². The molecule has 0 radical (unpaired) electrons. The number of hydrogen-bond donors (Lipinski definition) is 0. The van der Waals surface area contributed by atoms with Gasteiger partial charge >= 0.3 is 0 Å². The van der Waals surface area contributed by atoms with Gasteiger partial charge in [0.1, 0.15) is 5.82 Å². The Balaban J connectivity index is 1.12. The van der Waals surface area contributed by atoms with E-state index in [1.807, 2.05) is 85.1 Å². The zero-order chi connectivity index (χ0) is 36.9. The Morgan fingerprint density at radius 3 is 2.37 bits per heavy atom. The van der Waals surface area contributed by atoms with E-state index in [0.717, 1.165) is 73.0 Å². The van der Waals surface area contributed by atoms with Crippen LogP contribution >= 0.6 is 0 Å². The molecule has 11 nitrogen and oxygen atoms in total. The number of rotatable bonds is 7. The molecular formula is C43H44N6O5. The minimum atomic E-state index is -0.180. The number of likely N-dealkylation sites (N-methyl/N-ethyl adjacent to an activating group) is 1. The minimum Gasteiger partial charge on any atom is -0.454 e. The largest absolute Gasteiger partial charge is 0.454 e. The summed E-state index contributed by atoms with van der Waals surface area (Å²) in [5.74, 6) is 1.80. The highest BCUT2D eigenvalue weighted by molar-refractivity contribution is 6.12. The van der Waals surface area contributed by atoms with Crippen LogP contribution < -0.4 is 19.3 Å². The van der Waals surface area contributed by atoms with Crippen LogP contribution in [0.15, 0.2) is 85.1 Å². The molecule has 0 aliphatic carbocycles. The molecule has 11 heteroatoms. The van der Waals surface area contributed by atoms with Gasteiger partial charge in [0.25, 0.3) is 11.8 Å². The van der Waals surface area contributed by atoms with E-state index in [9.17, 15) is 4.79 Å². The molecule has 0 saturated carbocycles. The quantitative estimate of drug-likeness (QED) is 0.202. The predicted molar refractivity (Wildman–Crippen MR) is 207 cm³/mol. The molecule has 2 amide bonds. The van der Waals surface area contributed by atoms with Gasteiger partial charge in [-0.1, -0.05) is 42.5 Å². The zero-order valence-electron chi connectivity index (χ0n) is 31.0. The molecule has 1 atom stereocenters. The molecule has 1 saturated heterocycles. The number of carbonyl (C=O) groups is 2. The number of nitrogens with zero attached hydrogens (tertiary/aromatic N) is 6. The fraction of sp³-hybridized carbons (Fsp3) is 0.326. The topological polar surface area (TPSA) is 92.6 Å². The summed E-state index contributed by atoms with van der Waals surface area (Å²) in [6.07, 6.45) is 3.42. The van der Waals surface area contributed by atoms with Crippen molar-refractivity contribution in [1.29, 1.82) is 0 Å². The van der Waals surface area contributed by atoms with Gasteiger partial charge in [-0.3, -0.25) is 19.4 Å². The Bertz CT molecular complexity index is 2250. The number of ether oxygens (including phenoxy) is 3. The van der Waals surface area contributed by atoms with Crippen LogP contribution in [0.25, 0.3) is 11.3 Å². The van der Waals surface area contributed by atoms with Crippen molar-refractivity contribution in [3.05, 3.63) is 119 Å². The van der Waals surface area contributed by atoms with Crippen LogP contribution in [-0.4, -0.2) is 90.4 Å². The standard InChI is InChI=1S/C43H44N6O5/c1-28-35(43(51)49(32-11-5-4-6-12-32)33-20-30-13-14-45(2)41(30)44-24-33)21-38(46(28)3)36-22-39-40(54-27-53-39)23-37(36)42(50)48-25-31-10-8-7-9-29(31)19-34(48)26-47-15-17-52-18-16-47/h4-12,20-24,34H,13-19,25-27H2,1-3H3/t34-/m0/s1. The van der Waals surface area contributed by atoms with Crippen molar-refractivity contribution in [2.24, 2.45) is 7.05 Å². The molecule has 3 aromatic carbocycles. The smallest absolute Gasteiger partial charge is 0.264 e. The molecule has 6 heterocycles.